The normalized spacial score (nSPS) is 12.4. The smallest absolute Gasteiger partial charge is 0.151 e. The molecular weight excluding hydrogens is 670 g/mol. The number of rotatable bonds is 12. The lowest BCUT2D eigenvalue weighted by molar-refractivity contribution is -0.122. The first-order valence-electron chi connectivity index (χ1n) is 14.0. The van der Waals surface area contributed by atoms with Crippen molar-refractivity contribution < 1.29 is 14.3 Å². The summed E-state index contributed by atoms with van der Waals surface area (Å²) in [6.07, 6.45) is 5.92. The summed E-state index contributed by atoms with van der Waals surface area (Å²) < 4.78 is 15.1. The number of halogens is 4. The van der Waals surface area contributed by atoms with E-state index in [0.717, 1.165) is 0 Å². The molecule has 6 rings (SSSR count). The number of Topliss-reactive ketones (excluding diaryl/α,β-unsaturated/α-hetero) is 1. The summed E-state index contributed by atoms with van der Waals surface area (Å²) in [5.41, 5.74) is 1.18. The minimum Gasteiger partial charge on any atom is -0.457 e. The van der Waals surface area contributed by atoms with Crippen molar-refractivity contribution >= 4 is 52.2 Å². The predicted octanol–water partition coefficient (Wildman–Crippen LogP) is 8.90. The number of carbonyl (C=O) groups is 1. The summed E-state index contributed by atoms with van der Waals surface area (Å²) in [7, 11) is 0. The van der Waals surface area contributed by atoms with Gasteiger partial charge >= 0.3 is 0 Å². The van der Waals surface area contributed by atoms with Gasteiger partial charge in [0.15, 0.2) is 5.78 Å². The fourth-order valence-corrected chi connectivity index (χ4v) is 5.80. The number of hydrogen-bond acceptors (Lipinski definition) is 7. The molecule has 0 amide bonds. The van der Waals surface area contributed by atoms with E-state index in [2.05, 4.69) is 20.2 Å². The van der Waals surface area contributed by atoms with Gasteiger partial charge in [-0.05, 0) is 83.9 Å². The number of ether oxygens (including phenoxy) is 2. The second-order valence-corrected chi connectivity index (χ2v) is 11.9. The Morgan fingerprint density at radius 1 is 0.587 bits per heavy atom. The van der Waals surface area contributed by atoms with Gasteiger partial charge in [0.05, 0.1) is 24.9 Å². The second kappa shape index (κ2) is 14.3. The second-order valence-electron chi connectivity index (χ2n) is 10.2. The highest BCUT2D eigenvalue weighted by Crippen LogP contribution is 2.39. The number of benzene rings is 4. The average molecular weight is 694 g/mol. The predicted molar refractivity (Wildman–Crippen MR) is 176 cm³/mol. The third kappa shape index (κ3) is 7.68. The van der Waals surface area contributed by atoms with Crippen molar-refractivity contribution in [2.45, 2.75) is 24.9 Å². The first-order valence-corrected chi connectivity index (χ1v) is 15.5. The van der Waals surface area contributed by atoms with Crippen molar-refractivity contribution in [1.82, 2.24) is 29.5 Å². The van der Waals surface area contributed by atoms with Crippen LogP contribution >= 0.6 is 46.4 Å². The van der Waals surface area contributed by atoms with Gasteiger partial charge in [-0.25, -0.2) is 9.97 Å². The molecule has 0 bridgehead atoms. The molecule has 0 spiro atoms. The maximum absolute atomic E-state index is 14.7. The quantitative estimate of drug-likeness (QED) is 0.126. The summed E-state index contributed by atoms with van der Waals surface area (Å²) in [5.74, 6) is 0.543. The van der Waals surface area contributed by atoms with E-state index in [4.69, 9.17) is 55.9 Å². The largest absolute Gasteiger partial charge is 0.457 e. The van der Waals surface area contributed by atoms with E-state index >= 15 is 0 Å². The average Bonchev–Trinajstić information content (AvgIpc) is 3.76. The zero-order valence-electron chi connectivity index (χ0n) is 23.9. The van der Waals surface area contributed by atoms with Crippen LogP contribution in [0.3, 0.4) is 0 Å². The van der Waals surface area contributed by atoms with E-state index in [0.29, 0.717) is 54.2 Å². The van der Waals surface area contributed by atoms with E-state index in [-0.39, 0.29) is 18.9 Å². The Hall–Kier alpha value is -4.41. The minimum atomic E-state index is -0.742. The Kier molecular flexibility index (Phi) is 9.85. The minimum absolute atomic E-state index is 0.160. The molecule has 0 aliphatic carbocycles. The summed E-state index contributed by atoms with van der Waals surface area (Å²) in [6.45, 7) is 0.359. The Balaban J connectivity index is 1.34. The van der Waals surface area contributed by atoms with Crippen molar-refractivity contribution in [2.24, 2.45) is 0 Å². The molecule has 2 aromatic heterocycles. The standard InChI is InChI=1S/C33H24Cl4N6O3/c34-21-1-5-23(6-2-21)45-25-9-11-27(31(36)13-25)29(15-42-19-38-17-40-42)33(44)30(16-43-20-39-18-41-43)28-12-10-26(14-32(28)37)46-24-7-3-22(35)4-8-24/h1-14,17-20,29-30H,15-16H2. The molecule has 13 heteroatoms. The Bertz CT molecular complexity index is 1780. The number of ketones is 1. The van der Waals surface area contributed by atoms with Crippen molar-refractivity contribution in [3.8, 4) is 23.0 Å². The van der Waals surface area contributed by atoms with Crippen LogP contribution in [0.4, 0.5) is 0 Å². The van der Waals surface area contributed by atoms with Gasteiger partial charge in [-0.2, -0.15) is 10.2 Å². The maximum Gasteiger partial charge on any atom is 0.151 e. The monoisotopic (exact) mass is 692 g/mol. The van der Waals surface area contributed by atoms with Crippen molar-refractivity contribution in [3.05, 3.63) is 141 Å². The molecule has 2 atom stereocenters. The van der Waals surface area contributed by atoms with Crippen molar-refractivity contribution in [2.75, 3.05) is 0 Å². The van der Waals surface area contributed by atoms with Crippen molar-refractivity contribution in [3.63, 3.8) is 0 Å². The number of aromatic nitrogens is 6. The van der Waals surface area contributed by atoms with Gasteiger partial charge in [-0.1, -0.05) is 58.5 Å². The molecule has 9 nitrogen and oxygen atoms in total. The molecule has 0 saturated heterocycles. The van der Waals surface area contributed by atoms with Gasteiger partial charge in [0, 0.05) is 20.1 Å². The molecule has 6 aromatic rings. The molecule has 0 fully saturated rings. The van der Waals surface area contributed by atoms with Gasteiger partial charge in [0.2, 0.25) is 0 Å². The van der Waals surface area contributed by atoms with Gasteiger partial charge in [0.1, 0.15) is 48.3 Å². The summed E-state index contributed by atoms with van der Waals surface area (Å²) in [4.78, 5) is 22.8. The van der Waals surface area contributed by atoms with Crippen LogP contribution in [-0.2, 0) is 17.9 Å². The Labute approximate surface area is 284 Å². The molecule has 46 heavy (non-hydrogen) atoms. The van der Waals surface area contributed by atoms with E-state index in [9.17, 15) is 4.79 Å². The Morgan fingerprint density at radius 2 is 0.978 bits per heavy atom. The van der Waals surface area contributed by atoms with E-state index in [1.54, 1.807) is 107 Å². The molecule has 4 aromatic carbocycles. The highest BCUT2D eigenvalue weighted by Gasteiger charge is 2.33. The lowest BCUT2D eigenvalue weighted by Crippen LogP contribution is -2.28. The highest BCUT2D eigenvalue weighted by molar-refractivity contribution is 6.32. The zero-order chi connectivity index (χ0) is 32.0. The first-order chi connectivity index (χ1) is 22.3. The Morgan fingerprint density at radius 3 is 1.33 bits per heavy atom. The first kappa shape index (κ1) is 31.6. The summed E-state index contributed by atoms with van der Waals surface area (Å²) in [6, 6.07) is 24.4. The molecule has 2 unspecified atom stereocenters. The van der Waals surface area contributed by atoms with Gasteiger partial charge in [0.25, 0.3) is 0 Å². The topological polar surface area (TPSA) is 97.0 Å². The fourth-order valence-electron chi connectivity index (χ4n) is 4.94. The van der Waals surface area contributed by atoms with Crippen LogP contribution < -0.4 is 9.47 Å². The number of carbonyl (C=O) groups excluding carboxylic acids is 1. The summed E-state index contributed by atoms with van der Waals surface area (Å²) >= 11 is 25.7. The van der Waals surface area contributed by atoms with E-state index in [1.165, 1.54) is 12.7 Å². The molecule has 232 valence electrons. The lowest BCUT2D eigenvalue weighted by Gasteiger charge is -2.25. The van der Waals surface area contributed by atoms with Crippen LogP contribution in [0.2, 0.25) is 20.1 Å². The summed E-state index contributed by atoms with van der Waals surface area (Å²) in [5, 5.41) is 10.4. The third-order valence-corrected chi connectivity index (χ3v) is 8.31. The highest BCUT2D eigenvalue weighted by atomic mass is 35.5. The third-order valence-electron chi connectivity index (χ3n) is 7.15. The number of hydrogen-bond donors (Lipinski definition) is 0. The molecule has 0 radical (unpaired) electrons. The van der Waals surface area contributed by atoms with Crippen LogP contribution in [0, 0.1) is 0 Å². The SMILES string of the molecule is O=C(C(Cn1cncn1)c1ccc(Oc2ccc(Cl)cc2)cc1Cl)C(Cn1cncn1)c1ccc(Oc2ccc(Cl)cc2)cc1Cl. The van der Waals surface area contributed by atoms with Gasteiger partial charge in [-0.3, -0.25) is 14.2 Å². The molecule has 0 saturated carbocycles. The fraction of sp³-hybridized carbons (Fsp3) is 0.121. The molecular formula is C33H24Cl4N6O3. The van der Waals surface area contributed by atoms with Crippen molar-refractivity contribution in [1.29, 1.82) is 0 Å². The molecule has 0 aliphatic heterocycles. The van der Waals surface area contributed by atoms with E-state index in [1.807, 2.05) is 0 Å². The van der Waals surface area contributed by atoms with Crippen LogP contribution in [0.25, 0.3) is 0 Å². The number of nitrogens with zero attached hydrogens (tertiary/aromatic N) is 6. The van der Waals surface area contributed by atoms with Crippen LogP contribution in [0.1, 0.15) is 23.0 Å². The van der Waals surface area contributed by atoms with Crippen LogP contribution in [0.5, 0.6) is 23.0 Å². The van der Waals surface area contributed by atoms with Gasteiger partial charge < -0.3 is 9.47 Å². The van der Waals surface area contributed by atoms with Crippen LogP contribution in [0.15, 0.2) is 110 Å². The van der Waals surface area contributed by atoms with Gasteiger partial charge in [-0.15, -0.1) is 0 Å². The maximum atomic E-state index is 14.7. The lowest BCUT2D eigenvalue weighted by atomic mass is 9.83. The molecule has 0 aliphatic rings. The zero-order valence-corrected chi connectivity index (χ0v) is 26.9. The molecule has 2 heterocycles. The molecule has 0 N–H and O–H groups in total. The van der Waals surface area contributed by atoms with Crippen LogP contribution in [-0.4, -0.2) is 35.3 Å². The van der Waals surface area contributed by atoms with E-state index < -0.39 is 11.8 Å².